The molecule has 4 rings (SSSR count). The average Bonchev–Trinajstić information content (AvgIpc) is 2.99. The number of ether oxygens (including phenoxy) is 1. The summed E-state index contributed by atoms with van der Waals surface area (Å²) in [6.45, 7) is 3.27. The summed E-state index contributed by atoms with van der Waals surface area (Å²) in [5, 5.41) is 8.68. The van der Waals surface area contributed by atoms with E-state index in [9.17, 15) is 0 Å². The molecular formula is C16H15BrN4O. The Balaban J connectivity index is 1.75. The van der Waals surface area contributed by atoms with E-state index in [1.807, 2.05) is 24.4 Å². The zero-order valence-electron chi connectivity index (χ0n) is 11.9. The molecule has 3 aromatic rings. The third-order valence-electron chi connectivity index (χ3n) is 3.88. The molecule has 0 unspecified atom stereocenters. The van der Waals surface area contributed by atoms with Crippen molar-refractivity contribution in [2.45, 2.75) is 0 Å². The third-order valence-corrected chi connectivity index (χ3v) is 4.37. The number of aromatic nitrogens is 3. The standard InChI is InChI=1S/C16H15BrN4O/c17-12-1-2-13-14(10-12)19-20-16(13)11-3-4-18-15(9-11)21-5-7-22-8-6-21/h1-4,9-10H,5-8H2,(H,19,20). The van der Waals surface area contributed by atoms with Crippen LogP contribution in [0.4, 0.5) is 5.82 Å². The van der Waals surface area contributed by atoms with Crippen molar-refractivity contribution in [2.24, 2.45) is 0 Å². The number of hydrogen-bond acceptors (Lipinski definition) is 4. The van der Waals surface area contributed by atoms with Crippen LogP contribution in [0.3, 0.4) is 0 Å². The Hall–Kier alpha value is -1.92. The molecule has 0 saturated carbocycles. The molecule has 3 heterocycles. The van der Waals surface area contributed by atoms with Crippen LogP contribution >= 0.6 is 15.9 Å². The molecule has 0 spiro atoms. The second kappa shape index (κ2) is 5.70. The highest BCUT2D eigenvalue weighted by Crippen LogP contribution is 2.29. The molecule has 22 heavy (non-hydrogen) atoms. The number of rotatable bonds is 2. The first-order valence-electron chi connectivity index (χ1n) is 7.24. The van der Waals surface area contributed by atoms with Gasteiger partial charge in [-0.05, 0) is 30.3 Å². The van der Waals surface area contributed by atoms with Gasteiger partial charge in [0.25, 0.3) is 0 Å². The topological polar surface area (TPSA) is 54.0 Å². The summed E-state index contributed by atoms with van der Waals surface area (Å²) in [5.41, 5.74) is 3.05. The summed E-state index contributed by atoms with van der Waals surface area (Å²) in [4.78, 5) is 6.74. The van der Waals surface area contributed by atoms with Crippen molar-refractivity contribution in [2.75, 3.05) is 31.2 Å². The second-order valence-electron chi connectivity index (χ2n) is 5.26. The van der Waals surface area contributed by atoms with Crippen molar-refractivity contribution in [3.8, 4) is 11.3 Å². The van der Waals surface area contributed by atoms with E-state index >= 15 is 0 Å². The highest BCUT2D eigenvalue weighted by atomic mass is 79.9. The number of nitrogens with zero attached hydrogens (tertiary/aromatic N) is 3. The second-order valence-corrected chi connectivity index (χ2v) is 6.18. The maximum atomic E-state index is 5.40. The van der Waals surface area contributed by atoms with Crippen molar-refractivity contribution in [1.82, 2.24) is 15.2 Å². The summed E-state index contributed by atoms with van der Waals surface area (Å²) < 4.78 is 6.44. The lowest BCUT2D eigenvalue weighted by Gasteiger charge is -2.27. The fourth-order valence-corrected chi connectivity index (χ4v) is 3.10. The van der Waals surface area contributed by atoms with Gasteiger partial charge in [0.15, 0.2) is 0 Å². The average molecular weight is 359 g/mol. The molecule has 0 aliphatic carbocycles. The minimum absolute atomic E-state index is 0.755. The van der Waals surface area contributed by atoms with Gasteiger partial charge in [-0.25, -0.2) is 4.98 Å². The van der Waals surface area contributed by atoms with Gasteiger partial charge in [0.1, 0.15) is 11.5 Å². The number of nitrogens with one attached hydrogen (secondary N) is 1. The van der Waals surface area contributed by atoms with E-state index in [-0.39, 0.29) is 0 Å². The molecule has 2 aromatic heterocycles. The zero-order chi connectivity index (χ0) is 14.9. The fraction of sp³-hybridized carbons (Fsp3) is 0.250. The minimum Gasteiger partial charge on any atom is -0.378 e. The third kappa shape index (κ3) is 2.48. The number of pyridine rings is 1. The molecule has 1 saturated heterocycles. The lowest BCUT2D eigenvalue weighted by atomic mass is 10.1. The van der Waals surface area contributed by atoms with Crippen molar-refractivity contribution < 1.29 is 4.74 Å². The molecule has 1 aliphatic rings. The molecular weight excluding hydrogens is 344 g/mol. The molecule has 1 N–H and O–H groups in total. The van der Waals surface area contributed by atoms with E-state index in [0.717, 1.165) is 58.8 Å². The molecule has 0 bridgehead atoms. The van der Waals surface area contributed by atoms with E-state index in [1.54, 1.807) is 0 Å². The van der Waals surface area contributed by atoms with Crippen LogP contribution in [0.1, 0.15) is 0 Å². The van der Waals surface area contributed by atoms with Crippen molar-refractivity contribution in [1.29, 1.82) is 0 Å². The van der Waals surface area contributed by atoms with E-state index in [2.05, 4.69) is 48.1 Å². The number of halogens is 1. The smallest absolute Gasteiger partial charge is 0.129 e. The number of aromatic amines is 1. The van der Waals surface area contributed by atoms with Gasteiger partial charge in [0.05, 0.1) is 18.7 Å². The van der Waals surface area contributed by atoms with E-state index in [0.29, 0.717) is 0 Å². The monoisotopic (exact) mass is 358 g/mol. The largest absolute Gasteiger partial charge is 0.378 e. The number of morpholine rings is 1. The maximum absolute atomic E-state index is 5.40. The summed E-state index contributed by atoms with van der Waals surface area (Å²) in [7, 11) is 0. The summed E-state index contributed by atoms with van der Waals surface area (Å²) in [6, 6.07) is 10.2. The minimum atomic E-state index is 0.755. The van der Waals surface area contributed by atoms with Gasteiger partial charge in [-0.3, -0.25) is 5.10 Å². The lowest BCUT2D eigenvalue weighted by molar-refractivity contribution is 0.122. The Morgan fingerprint density at radius 1 is 1.14 bits per heavy atom. The van der Waals surface area contributed by atoms with Crippen LogP contribution < -0.4 is 4.90 Å². The van der Waals surface area contributed by atoms with Crippen LogP contribution in [0.5, 0.6) is 0 Å². The Kier molecular flexibility index (Phi) is 3.56. The van der Waals surface area contributed by atoms with Crippen LogP contribution in [0, 0.1) is 0 Å². The highest BCUT2D eigenvalue weighted by Gasteiger charge is 2.14. The van der Waals surface area contributed by atoms with Crippen LogP contribution in [-0.2, 0) is 4.74 Å². The number of hydrogen-bond donors (Lipinski definition) is 1. The predicted octanol–water partition coefficient (Wildman–Crippen LogP) is 3.22. The van der Waals surface area contributed by atoms with Crippen LogP contribution in [0.2, 0.25) is 0 Å². The quantitative estimate of drug-likeness (QED) is 0.763. The molecule has 0 radical (unpaired) electrons. The maximum Gasteiger partial charge on any atom is 0.129 e. The molecule has 1 fully saturated rings. The molecule has 112 valence electrons. The Morgan fingerprint density at radius 3 is 2.86 bits per heavy atom. The molecule has 0 amide bonds. The predicted molar refractivity (Wildman–Crippen MR) is 90.1 cm³/mol. The summed E-state index contributed by atoms with van der Waals surface area (Å²) in [5.74, 6) is 0.981. The Bertz CT molecular complexity index is 811. The van der Waals surface area contributed by atoms with Crippen LogP contribution in [-0.4, -0.2) is 41.5 Å². The first-order valence-corrected chi connectivity index (χ1v) is 8.03. The van der Waals surface area contributed by atoms with E-state index in [4.69, 9.17) is 4.74 Å². The molecule has 1 aromatic carbocycles. The summed E-state index contributed by atoms with van der Waals surface area (Å²) >= 11 is 3.49. The van der Waals surface area contributed by atoms with E-state index < -0.39 is 0 Å². The highest BCUT2D eigenvalue weighted by molar-refractivity contribution is 9.10. The van der Waals surface area contributed by atoms with Gasteiger partial charge in [-0.1, -0.05) is 15.9 Å². The molecule has 6 heteroatoms. The van der Waals surface area contributed by atoms with Crippen molar-refractivity contribution in [3.63, 3.8) is 0 Å². The molecule has 5 nitrogen and oxygen atoms in total. The number of anilines is 1. The van der Waals surface area contributed by atoms with Crippen LogP contribution in [0.15, 0.2) is 41.0 Å². The Labute approximate surface area is 136 Å². The zero-order valence-corrected chi connectivity index (χ0v) is 13.5. The SMILES string of the molecule is Brc1ccc2c(-c3ccnc(N4CCOCC4)c3)n[nH]c2c1. The van der Waals surface area contributed by atoms with Gasteiger partial charge >= 0.3 is 0 Å². The number of fused-ring (bicyclic) bond motifs is 1. The van der Waals surface area contributed by atoms with Crippen molar-refractivity contribution >= 4 is 32.7 Å². The van der Waals surface area contributed by atoms with Gasteiger partial charge in [0, 0.05) is 34.7 Å². The van der Waals surface area contributed by atoms with E-state index in [1.165, 1.54) is 0 Å². The fourth-order valence-electron chi connectivity index (χ4n) is 2.74. The molecule has 0 atom stereocenters. The first-order chi connectivity index (χ1) is 10.8. The van der Waals surface area contributed by atoms with Gasteiger partial charge in [-0.15, -0.1) is 0 Å². The lowest BCUT2D eigenvalue weighted by Crippen LogP contribution is -2.36. The Morgan fingerprint density at radius 2 is 2.00 bits per heavy atom. The number of H-pyrrole nitrogens is 1. The van der Waals surface area contributed by atoms with Gasteiger partial charge in [-0.2, -0.15) is 5.10 Å². The van der Waals surface area contributed by atoms with Crippen LogP contribution in [0.25, 0.3) is 22.2 Å². The normalized spacial score (nSPS) is 15.4. The molecule has 1 aliphatic heterocycles. The summed E-state index contributed by atoms with van der Waals surface area (Å²) in [6.07, 6.45) is 1.85. The van der Waals surface area contributed by atoms with Gasteiger partial charge < -0.3 is 9.64 Å². The first kappa shape index (κ1) is 13.7. The number of benzene rings is 1. The van der Waals surface area contributed by atoms with Crippen molar-refractivity contribution in [3.05, 3.63) is 41.0 Å². The van der Waals surface area contributed by atoms with Gasteiger partial charge in [0.2, 0.25) is 0 Å².